The maximum absolute atomic E-state index is 11.0. The van der Waals surface area contributed by atoms with E-state index < -0.39 is 0 Å². The maximum atomic E-state index is 11.0. The van der Waals surface area contributed by atoms with Gasteiger partial charge in [0.1, 0.15) is 6.29 Å². The first-order valence-electron chi connectivity index (χ1n) is 9.93. The zero-order chi connectivity index (χ0) is 19.7. The second-order valence-corrected chi connectivity index (χ2v) is 8.34. The van der Waals surface area contributed by atoms with Crippen molar-refractivity contribution in [1.29, 1.82) is 0 Å². The fraction of sp³-hybridized carbons (Fsp3) is 0.261. The number of aldehydes is 1. The summed E-state index contributed by atoms with van der Waals surface area (Å²) in [6.45, 7) is 0. The zero-order valence-electron chi connectivity index (χ0n) is 16.0. The zero-order valence-corrected chi connectivity index (χ0v) is 16.8. The molecule has 1 aromatic carbocycles. The van der Waals surface area contributed by atoms with E-state index in [-0.39, 0.29) is 5.41 Å². The Morgan fingerprint density at radius 3 is 2.79 bits per heavy atom. The summed E-state index contributed by atoms with van der Waals surface area (Å²) in [4.78, 5) is 15.6. The van der Waals surface area contributed by atoms with Gasteiger partial charge >= 0.3 is 0 Å². The number of rotatable bonds is 6. The molecule has 2 aliphatic carbocycles. The summed E-state index contributed by atoms with van der Waals surface area (Å²) in [5.41, 5.74) is 5.97. The topological polar surface area (TPSA) is 59.8 Å². The first-order valence-corrected chi connectivity index (χ1v) is 10.9. The van der Waals surface area contributed by atoms with Gasteiger partial charge < -0.3 is 5.32 Å². The molecule has 2 heterocycles. The number of thiazole rings is 1. The summed E-state index contributed by atoms with van der Waals surface area (Å²) in [5, 5.41) is 10.5. The summed E-state index contributed by atoms with van der Waals surface area (Å²) in [6.07, 6.45) is 12.8. The molecule has 2 aromatic heterocycles. The first kappa shape index (κ1) is 18.1. The molecule has 5 rings (SSSR count). The molecule has 1 atom stereocenters. The smallest absolute Gasteiger partial charge is 0.156 e. The predicted octanol–water partition coefficient (Wildman–Crippen LogP) is 4.53. The van der Waals surface area contributed by atoms with Crippen LogP contribution in [0.2, 0.25) is 0 Å². The van der Waals surface area contributed by atoms with Crippen LogP contribution in [0.4, 0.5) is 5.82 Å². The van der Waals surface area contributed by atoms with Gasteiger partial charge in [-0.3, -0.25) is 4.79 Å². The number of aromatic nitrogens is 3. The molecule has 0 radical (unpaired) electrons. The van der Waals surface area contributed by atoms with Crippen LogP contribution in [0.25, 0.3) is 12.3 Å². The molecule has 1 saturated carbocycles. The highest BCUT2D eigenvalue weighted by molar-refractivity contribution is 7.07. The van der Waals surface area contributed by atoms with Gasteiger partial charge in [-0.2, -0.15) is 5.10 Å². The lowest BCUT2D eigenvalue weighted by Gasteiger charge is -2.33. The minimum atomic E-state index is -0.352. The highest BCUT2D eigenvalue weighted by Crippen LogP contribution is 2.43. The van der Waals surface area contributed by atoms with E-state index in [0.29, 0.717) is 6.04 Å². The number of hydrogen-bond acceptors (Lipinski definition) is 5. The Hall–Kier alpha value is -2.99. The van der Waals surface area contributed by atoms with Gasteiger partial charge in [0.05, 0.1) is 22.3 Å². The van der Waals surface area contributed by atoms with E-state index in [9.17, 15) is 4.79 Å². The lowest BCUT2D eigenvalue weighted by molar-refractivity contribution is -0.104. The van der Waals surface area contributed by atoms with E-state index in [0.717, 1.165) is 35.5 Å². The molecule has 2 aliphatic rings. The first-order chi connectivity index (χ1) is 14.3. The summed E-state index contributed by atoms with van der Waals surface area (Å²) >= 11 is 1.61. The van der Waals surface area contributed by atoms with Crippen LogP contribution < -0.4 is 5.32 Å². The highest BCUT2D eigenvalue weighted by atomic mass is 32.1. The fourth-order valence-corrected chi connectivity index (χ4v) is 4.80. The Morgan fingerprint density at radius 2 is 2.10 bits per heavy atom. The number of carbonyl (C=O) groups is 1. The van der Waals surface area contributed by atoms with Gasteiger partial charge in [0.25, 0.3) is 0 Å². The Bertz CT molecular complexity index is 1060. The van der Waals surface area contributed by atoms with E-state index in [4.69, 9.17) is 5.10 Å². The van der Waals surface area contributed by atoms with Gasteiger partial charge in [-0.1, -0.05) is 42.5 Å². The molecule has 1 fully saturated rings. The Kier molecular flexibility index (Phi) is 4.64. The minimum absolute atomic E-state index is 0.352. The lowest BCUT2D eigenvalue weighted by Crippen LogP contribution is -2.32. The van der Waals surface area contributed by atoms with Crippen molar-refractivity contribution in [3.8, 4) is 0 Å². The third kappa shape index (κ3) is 3.13. The normalized spacial score (nSPS) is 21.1. The highest BCUT2D eigenvalue weighted by Gasteiger charge is 2.39. The molecule has 1 N–H and O–H groups in total. The van der Waals surface area contributed by atoms with Crippen LogP contribution in [0.15, 0.2) is 53.4 Å². The van der Waals surface area contributed by atoms with Crippen LogP contribution in [-0.4, -0.2) is 27.1 Å². The average Bonchev–Trinajstić information content (AvgIpc) is 3.38. The summed E-state index contributed by atoms with van der Waals surface area (Å²) in [6, 6.07) is 11.0. The molecule has 0 amide bonds. The number of carbonyl (C=O) groups excluding carboxylic acids is 1. The largest absolute Gasteiger partial charge is 0.365 e. The minimum Gasteiger partial charge on any atom is -0.365 e. The van der Waals surface area contributed by atoms with Gasteiger partial charge in [0.2, 0.25) is 0 Å². The average molecular weight is 403 g/mol. The van der Waals surface area contributed by atoms with E-state index in [2.05, 4.69) is 52.1 Å². The molecule has 0 bridgehead atoms. The predicted molar refractivity (Wildman–Crippen MR) is 117 cm³/mol. The molecule has 0 aliphatic heterocycles. The van der Waals surface area contributed by atoms with Gasteiger partial charge in [-0.15, -0.1) is 11.3 Å². The molecule has 0 spiro atoms. The van der Waals surface area contributed by atoms with Crippen LogP contribution in [-0.2, 0) is 16.6 Å². The van der Waals surface area contributed by atoms with Crippen molar-refractivity contribution in [2.24, 2.45) is 0 Å². The maximum Gasteiger partial charge on any atom is 0.156 e. The van der Waals surface area contributed by atoms with Gasteiger partial charge in [-0.05, 0) is 30.9 Å². The summed E-state index contributed by atoms with van der Waals surface area (Å²) in [7, 11) is 0. The Morgan fingerprint density at radius 1 is 1.24 bits per heavy atom. The van der Waals surface area contributed by atoms with Gasteiger partial charge in [0, 0.05) is 29.6 Å². The summed E-state index contributed by atoms with van der Waals surface area (Å²) in [5.74, 6) is 0.899. The van der Waals surface area contributed by atoms with Crippen LogP contribution in [0.1, 0.15) is 41.8 Å². The molecular weight excluding hydrogens is 380 g/mol. The molecule has 1 unspecified atom stereocenters. The Labute approximate surface area is 173 Å². The van der Waals surface area contributed by atoms with Crippen LogP contribution in [0.5, 0.6) is 0 Å². The molecule has 146 valence electrons. The number of hydrogen-bond donors (Lipinski definition) is 1. The van der Waals surface area contributed by atoms with Crippen LogP contribution in [0, 0.1) is 0 Å². The van der Waals surface area contributed by atoms with Crippen molar-refractivity contribution >= 4 is 35.7 Å². The monoisotopic (exact) mass is 402 g/mol. The molecule has 6 heteroatoms. The third-order valence-corrected chi connectivity index (χ3v) is 6.55. The number of nitrogens with zero attached hydrogens (tertiary/aromatic N) is 3. The lowest BCUT2D eigenvalue weighted by atomic mass is 9.71. The van der Waals surface area contributed by atoms with Crippen LogP contribution >= 0.6 is 11.3 Å². The quantitative estimate of drug-likeness (QED) is 0.486. The van der Waals surface area contributed by atoms with E-state index in [1.807, 2.05) is 16.3 Å². The molecule has 5 nitrogen and oxygen atoms in total. The number of nitrogens with one attached hydrogen (secondary N) is 1. The van der Waals surface area contributed by atoms with Crippen molar-refractivity contribution in [3.63, 3.8) is 0 Å². The molecular formula is C23H22N4OS. The number of fused-ring (bicyclic) bond motifs is 1. The SMILES string of the molecule is O=CC=Cn1nc(NC2CCC2)c2c1CC(c1ccccc1)(c1cscn1)C=C2. The number of benzene rings is 1. The van der Waals surface area contributed by atoms with Crippen molar-refractivity contribution in [2.45, 2.75) is 37.1 Å². The van der Waals surface area contributed by atoms with Crippen molar-refractivity contribution < 1.29 is 4.79 Å². The van der Waals surface area contributed by atoms with E-state index >= 15 is 0 Å². The third-order valence-electron chi connectivity index (χ3n) is 5.96. The molecule has 0 saturated heterocycles. The molecule has 29 heavy (non-hydrogen) atoms. The van der Waals surface area contributed by atoms with Gasteiger partial charge in [0.15, 0.2) is 5.82 Å². The van der Waals surface area contributed by atoms with Gasteiger partial charge in [-0.25, -0.2) is 9.67 Å². The standard InChI is InChI=1S/C23H22N4OS/c28-13-5-12-27-20-14-23(21-15-29-16-24-21,17-6-2-1-3-7-17)11-10-19(20)22(26-27)25-18-8-4-9-18/h1-3,5-7,10-13,15-16,18H,4,8-9,14H2,(H,25,26). The second-order valence-electron chi connectivity index (χ2n) is 7.62. The van der Waals surface area contributed by atoms with E-state index in [1.165, 1.54) is 30.9 Å². The fourth-order valence-electron chi connectivity index (χ4n) is 4.17. The van der Waals surface area contributed by atoms with E-state index in [1.54, 1.807) is 17.5 Å². The van der Waals surface area contributed by atoms with Crippen molar-refractivity contribution in [3.05, 3.63) is 75.9 Å². The molecule has 3 aromatic rings. The van der Waals surface area contributed by atoms with Crippen molar-refractivity contribution in [1.82, 2.24) is 14.8 Å². The Balaban J connectivity index is 1.63. The second kappa shape index (κ2) is 7.44. The summed E-state index contributed by atoms with van der Waals surface area (Å²) < 4.78 is 1.85. The number of anilines is 1. The van der Waals surface area contributed by atoms with Crippen molar-refractivity contribution in [2.75, 3.05) is 5.32 Å². The van der Waals surface area contributed by atoms with Crippen LogP contribution in [0.3, 0.4) is 0 Å². The number of allylic oxidation sites excluding steroid dienone is 2.